The summed E-state index contributed by atoms with van der Waals surface area (Å²) in [5.74, 6) is -0.430. The third-order valence-corrected chi connectivity index (χ3v) is 7.20. The number of aromatic nitrogens is 1. The third-order valence-electron chi connectivity index (χ3n) is 6.17. The highest BCUT2D eigenvalue weighted by atomic mass is 32.1. The number of nitrogens with zero attached hydrogens (tertiary/aromatic N) is 2. The van der Waals surface area contributed by atoms with Gasteiger partial charge in [-0.3, -0.25) is 4.79 Å². The van der Waals surface area contributed by atoms with Gasteiger partial charge in [0.15, 0.2) is 5.13 Å². The number of hydrogen-bond acceptors (Lipinski definition) is 7. The maximum atomic E-state index is 13.1. The van der Waals surface area contributed by atoms with Gasteiger partial charge >= 0.3 is 0 Å². The van der Waals surface area contributed by atoms with Crippen LogP contribution in [0.15, 0.2) is 48.5 Å². The minimum absolute atomic E-state index is 0.196. The normalized spacial score (nSPS) is 19.8. The van der Waals surface area contributed by atoms with Crippen molar-refractivity contribution in [2.75, 3.05) is 35.6 Å². The average Bonchev–Trinajstić information content (AvgIpc) is 3.34. The van der Waals surface area contributed by atoms with Crippen molar-refractivity contribution in [3.63, 3.8) is 0 Å². The molecule has 5 rings (SSSR count). The summed E-state index contributed by atoms with van der Waals surface area (Å²) in [6.45, 7) is 2.86. The number of carbonyl (C=O) groups excluding carboxylic acids is 1. The van der Waals surface area contributed by atoms with Crippen molar-refractivity contribution in [3.8, 4) is 0 Å². The van der Waals surface area contributed by atoms with Crippen LogP contribution in [0.5, 0.6) is 0 Å². The van der Waals surface area contributed by atoms with Crippen molar-refractivity contribution in [3.05, 3.63) is 70.4 Å². The molecule has 1 aromatic heterocycles. The molecule has 3 heterocycles. The van der Waals surface area contributed by atoms with Gasteiger partial charge in [-0.1, -0.05) is 23.5 Å². The molecule has 0 saturated carbocycles. The lowest BCUT2D eigenvalue weighted by Crippen LogP contribution is -2.51. The van der Waals surface area contributed by atoms with Gasteiger partial charge in [-0.15, -0.1) is 0 Å². The van der Waals surface area contributed by atoms with Crippen molar-refractivity contribution in [1.82, 2.24) is 10.3 Å². The molecule has 32 heavy (non-hydrogen) atoms. The molecule has 2 saturated heterocycles. The Morgan fingerprint density at radius 1 is 1.12 bits per heavy atom. The zero-order valence-electron chi connectivity index (χ0n) is 17.7. The molecule has 166 valence electrons. The Morgan fingerprint density at radius 2 is 1.81 bits per heavy atom. The van der Waals surface area contributed by atoms with Crippen molar-refractivity contribution in [2.45, 2.75) is 31.3 Å². The Hall–Kier alpha value is -2.97. The number of hydrogen-bond donors (Lipinski definition) is 3. The Morgan fingerprint density at radius 3 is 2.50 bits per heavy atom. The molecule has 2 aliphatic heterocycles. The smallest absolute Gasteiger partial charge is 0.206 e. The van der Waals surface area contributed by atoms with E-state index in [1.165, 1.54) is 59.7 Å². The SMILES string of the molecule is Nc1nc(NCCc2ccc(N3CC4CCC(C3)N4)cc2)sc1C(=O)c1ccc(F)cc1. The second-order valence-corrected chi connectivity index (χ2v) is 9.45. The van der Waals surface area contributed by atoms with Crippen LogP contribution in [0.2, 0.25) is 0 Å². The van der Waals surface area contributed by atoms with Gasteiger partial charge in [-0.2, -0.15) is 0 Å². The van der Waals surface area contributed by atoms with Crippen molar-refractivity contribution in [1.29, 1.82) is 0 Å². The molecule has 3 aromatic rings. The van der Waals surface area contributed by atoms with Crippen LogP contribution in [-0.2, 0) is 6.42 Å². The van der Waals surface area contributed by atoms with Gasteiger partial charge < -0.3 is 21.3 Å². The molecular weight excluding hydrogens is 425 g/mol. The Bertz CT molecular complexity index is 1090. The number of benzene rings is 2. The fraction of sp³-hybridized carbons (Fsp3) is 0.333. The minimum atomic E-state index is -0.380. The summed E-state index contributed by atoms with van der Waals surface area (Å²) in [7, 11) is 0. The number of carbonyl (C=O) groups is 1. The predicted molar refractivity (Wildman–Crippen MR) is 127 cm³/mol. The second-order valence-electron chi connectivity index (χ2n) is 8.46. The van der Waals surface area contributed by atoms with Crippen LogP contribution in [0.3, 0.4) is 0 Å². The lowest BCUT2D eigenvalue weighted by atomic mass is 10.1. The van der Waals surface area contributed by atoms with Crippen LogP contribution >= 0.6 is 11.3 Å². The van der Waals surface area contributed by atoms with E-state index < -0.39 is 0 Å². The van der Waals surface area contributed by atoms with Crippen LogP contribution in [0, 0.1) is 5.82 Å². The standard InChI is InChI=1S/C24H26FN5OS/c25-17-5-3-16(4-6-17)21(31)22-23(26)29-24(32-22)27-12-11-15-1-9-20(10-2-15)30-13-18-7-8-19(14-30)28-18/h1-6,9-10,18-19,28H,7-8,11-14,26H2,(H,27,29). The van der Waals surface area contributed by atoms with Crippen molar-refractivity contribution >= 4 is 33.8 Å². The quantitative estimate of drug-likeness (QED) is 0.475. The number of nitrogen functional groups attached to an aromatic ring is 1. The molecule has 2 fully saturated rings. The van der Waals surface area contributed by atoms with Gasteiger partial charge in [0.2, 0.25) is 5.78 Å². The molecule has 2 unspecified atom stereocenters. The van der Waals surface area contributed by atoms with E-state index in [-0.39, 0.29) is 17.4 Å². The van der Waals surface area contributed by atoms with Crippen LogP contribution in [0.25, 0.3) is 0 Å². The molecule has 2 aliphatic rings. The molecule has 2 atom stereocenters. The summed E-state index contributed by atoms with van der Waals surface area (Å²) in [5, 5.41) is 7.55. The van der Waals surface area contributed by atoms with E-state index in [0.717, 1.165) is 19.5 Å². The van der Waals surface area contributed by atoms with Gasteiger partial charge in [0, 0.05) is 43.0 Å². The van der Waals surface area contributed by atoms with Crippen LogP contribution in [-0.4, -0.2) is 42.5 Å². The molecule has 0 radical (unpaired) electrons. The second kappa shape index (κ2) is 8.88. The molecule has 2 aromatic carbocycles. The number of ketones is 1. The van der Waals surface area contributed by atoms with Crippen LogP contribution in [0.4, 0.5) is 21.0 Å². The molecule has 0 aliphatic carbocycles. The number of halogens is 1. The first-order chi connectivity index (χ1) is 15.5. The van der Waals surface area contributed by atoms with Gasteiger partial charge in [0.1, 0.15) is 16.5 Å². The highest BCUT2D eigenvalue weighted by Gasteiger charge is 2.32. The lowest BCUT2D eigenvalue weighted by Gasteiger charge is -2.34. The van der Waals surface area contributed by atoms with E-state index in [0.29, 0.717) is 34.2 Å². The largest absolute Gasteiger partial charge is 0.382 e. The summed E-state index contributed by atoms with van der Waals surface area (Å²) in [4.78, 5) is 19.8. The summed E-state index contributed by atoms with van der Waals surface area (Å²) in [5.41, 5.74) is 8.88. The summed E-state index contributed by atoms with van der Waals surface area (Å²) in [6.07, 6.45) is 3.40. The summed E-state index contributed by atoms with van der Waals surface area (Å²) >= 11 is 1.23. The zero-order valence-corrected chi connectivity index (χ0v) is 18.5. The van der Waals surface area contributed by atoms with Crippen LogP contribution in [0.1, 0.15) is 33.6 Å². The first kappa shape index (κ1) is 20.9. The molecule has 4 N–H and O–H groups in total. The molecule has 6 nitrogen and oxygen atoms in total. The van der Waals surface area contributed by atoms with Gasteiger partial charge in [0.05, 0.1) is 0 Å². The van der Waals surface area contributed by atoms with Crippen LogP contribution < -0.4 is 21.3 Å². The average molecular weight is 452 g/mol. The van der Waals surface area contributed by atoms with E-state index >= 15 is 0 Å². The Labute approximate surface area is 190 Å². The Kier molecular flexibility index (Phi) is 5.80. The zero-order chi connectivity index (χ0) is 22.1. The highest BCUT2D eigenvalue weighted by Crippen LogP contribution is 2.28. The molecule has 8 heteroatoms. The number of thiazole rings is 1. The molecule has 2 bridgehead atoms. The summed E-state index contributed by atoms with van der Waals surface area (Å²) < 4.78 is 13.1. The minimum Gasteiger partial charge on any atom is -0.382 e. The number of rotatable bonds is 7. The number of piperazine rings is 1. The topological polar surface area (TPSA) is 83.3 Å². The Balaban J connectivity index is 1.16. The van der Waals surface area contributed by atoms with E-state index in [4.69, 9.17) is 5.73 Å². The molecule has 0 spiro atoms. The fourth-order valence-electron chi connectivity index (χ4n) is 4.50. The van der Waals surface area contributed by atoms with Gasteiger partial charge in [0.25, 0.3) is 0 Å². The molecule has 0 amide bonds. The van der Waals surface area contributed by atoms with E-state index in [9.17, 15) is 9.18 Å². The van der Waals surface area contributed by atoms with E-state index in [2.05, 4.69) is 44.8 Å². The lowest BCUT2D eigenvalue weighted by molar-refractivity contribution is 0.104. The van der Waals surface area contributed by atoms with E-state index in [1.54, 1.807) is 0 Å². The maximum absolute atomic E-state index is 13.1. The highest BCUT2D eigenvalue weighted by molar-refractivity contribution is 7.18. The van der Waals surface area contributed by atoms with Gasteiger partial charge in [-0.25, -0.2) is 9.37 Å². The first-order valence-corrected chi connectivity index (χ1v) is 11.8. The van der Waals surface area contributed by atoms with E-state index in [1.807, 2.05) is 0 Å². The summed E-state index contributed by atoms with van der Waals surface area (Å²) in [6, 6.07) is 15.5. The number of nitrogens with one attached hydrogen (secondary N) is 2. The van der Waals surface area contributed by atoms with Gasteiger partial charge in [-0.05, 0) is 61.2 Å². The predicted octanol–water partition coefficient (Wildman–Crippen LogP) is 3.69. The maximum Gasteiger partial charge on any atom is 0.206 e. The fourth-order valence-corrected chi connectivity index (χ4v) is 5.37. The van der Waals surface area contributed by atoms with Crippen molar-refractivity contribution < 1.29 is 9.18 Å². The first-order valence-electron chi connectivity index (χ1n) is 11.0. The third kappa shape index (κ3) is 4.47. The number of fused-ring (bicyclic) bond motifs is 2. The monoisotopic (exact) mass is 451 g/mol. The number of nitrogens with two attached hydrogens (primary N) is 1. The molecular formula is C24H26FN5OS. The number of anilines is 3. The van der Waals surface area contributed by atoms with Crippen molar-refractivity contribution in [2.24, 2.45) is 0 Å².